The quantitative estimate of drug-likeness (QED) is 0.672. The van der Waals surface area contributed by atoms with Gasteiger partial charge in [-0.05, 0) is 23.8 Å². The molecule has 16 heavy (non-hydrogen) atoms. The first-order valence-electron chi connectivity index (χ1n) is 4.84. The molecule has 3 rings (SSSR count). The number of fused-ring (bicyclic) bond motifs is 1. The predicted octanol–water partition coefficient (Wildman–Crippen LogP) is 2.18. The van der Waals surface area contributed by atoms with Gasteiger partial charge in [0, 0.05) is 5.56 Å². The van der Waals surface area contributed by atoms with E-state index in [1.54, 1.807) is 12.5 Å². The molecule has 4 nitrogen and oxygen atoms in total. The minimum Gasteiger partial charge on any atom is -0.472 e. The molecule has 0 atom stereocenters. The first-order chi connectivity index (χ1) is 7.84. The van der Waals surface area contributed by atoms with E-state index < -0.39 is 0 Å². The summed E-state index contributed by atoms with van der Waals surface area (Å²) < 4.78 is 5.01. The molecule has 0 unspecified atom stereocenters. The molecule has 2 heterocycles. The van der Waals surface area contributed by atoms with Gasteiger partial charge in [0.15, 0.2) is 0 Å². The predicted molar refractivity (Wildman–Crippen MR) is 60.1 cm³/mol. The Bertz CT molecular complexity index is 684. The van der Waals surface area contributed by atoms with E-state index in [0.29, 0.717) is 10.9 Å². The van der Waals surface area contributed by atoms with Gasteiger partial charge in [-0.2, -0.15) is 0 Å². The van der Waals surface area contributed by atoms with Crippen molar-refractivity contribution in [3.05, 3.63) is 53.5 Å². The van der Waals surface area contributed by atoms with Gasteiger partial charge >= 0.3 is 0 Å². The molecule has 0 spiro atoms. The minimum atomic E-state index is -0.129. The molecule has 0 aliphatic rings. The first-order valence-corrected chi connectivity index (χ1v) is 4.84. The molecule has 0 saturated carbocycles. The van der Waals surface area contributed by atoms with E-state index in [2.05, 4.69) is 9.97 Å². The molecule has 4 heteroatoms. The Morgan fingerprint density at radius 3 is 2.94 bits per heavy atom. The Morgan fingerprint density at radius 2 is 2.12 bits per heavy atom. The number of H-pyrrole nitrogens is 1. The lowest BCUT2D eigenvalue weighted by Gasteiger charge is -1.99. The summed E-state index contributed by atoms with van der Waals surface area (Å²) in [5.41, 5.74) is 2.45. The number of nitrogens with zero attached hydrogens (tertiary/aromatic N) is 1. The Kier molecular flexibility index (Phi) is 1.86. The van der Waals surface area contributed by atoms with E-state index in [1.165, 1.54) is 6.33 Å². The number of hydrogen-bond donors (Lipinski definition) is 1. The fourth-order valence-corrected chi connectivity index (χ4v) is 1.68. The second kappa shape index (κ2) is 3.34. The normalized spacial score (nSPS) is 10.8. The number of nitrogens with one attached hydrogen (secondary N) is 1. The van der Waals surface area contributed by atoms with Gasteiger partial charge in [0.25, 0.3) is 5.56 Å². The summed E-state index contributed by atoms with van der Waals surface area (Å²) in [7, 11) is 0. The van der Waals surface area contributed by atoms with E-state index in [-0.39, 0.29) is 5.56 Å². The van der Waals surface area contributed by atoms with Crippen LogP contribution in [0.1, 0.15) is 0 Å². The van der Waals surface area contributed by atoms with Crippen molar-refractivity contribution < 1.29 is 4.42 Å². The molecule has 78 valence electrons. The minimum absolute atomic E-state index is 0.129. The van der Waals surface area contributed by atoms with Gasteiger partial charge in [-0.25, -0.2) is 4.98 Å². The number of rotatable bonds is 1. The first kappa shape index (κ1) is 8.91. The monoisotopic (exact) mass is 212 g/mol. The van der Waals surface area contributed by atoms with Gasteiger partial charge in [-0.15, -0.1) is 0 Å². The van der Waals surface area contributed by atoms with Crippen LogP contribution in [0, 0.1) is 0 Å². The molecule has 0 aliphatic heterocycles. The highest BCUT2D eigenvalue weighted by Crippen LogP contribution is 2.21. The molecule has 1 aromatic carbocycles. The van der Waals surface area contributed by atoms with Crippen molar-refractivity contribution in [2.45, 2.75) is 0 Å². The Labute approximate surface area is 90.6 Å². The van der Waals surface area contributed by atoms with Crippen LogP contribution in [0.2, 0.25) is 0 Å². The van der Waals surface area contributed by atoms with E-state index in [4.69, 9.17) is 4.42 Å². The molecule has 0 saturated heterocycles. The van der Waals surface area contributed by atoms with Gasteiger partial charge in [-0.3, -0.25) is 4.79 Å². The average Bonchev–Trinajstić information content (AvgIpc) is 2.83. The third-order valence-electron chi connectivity index (χ3n) is 2.49. The number of aromatic nitrogens is 2. The average molecular weight is 212 g/mol. The van der Waals surface area contributed by atoms with Crippen molar-refractivity contribution in [3.63, 3.8) is 0 Å². The highest BCUT2D eigenvalue weighted by atomic mass is 16.3. The molecule has 1 N–H and O–H groups in total. The Balaban J connectivity index is 2.31. The zero-order valence-electron chi connectivity index (χ0n) is 8.31. The van der Waals surface area contributed by atoms with Gasteiger partial charge < -0.3 is 9.40 Å². The van der Waals surface area contributed by atoms with Crippen LogP contribution in [0.15, 0.2) is 52.3 Å². The van der Waals surface area contributed by atoms with E-state index in [9.17, 15) is 4.79 Å². The number of hydrogen-bond acceptors (Lipinski definition) is 3. The molecule has 2 aromatic heterocycles. The zero-order valence-corrected chi connectivity index (χ0v) is 8.31. The number of furan rings is 1. The second-order valence-corrected chi connectivity index (χ2v) is 3.48. The summed E-state index contributed by atoms with van der Waals surface area (Å²) in [6.45, 7) is 0. The van der Waals surface area contributed by atoms with E-state index in [1.807, 2.05) is 24.3 Å². The van der Waals surface area contributed by atoms with Crippen LogP contribution < -0.4 is 5.56 Å². The van der Waals surface area contributed by atoms with Crippen molar-refractivity contribution in [1.29, 1.82) is 0 Å². The van der Waals surface area contributed by atoms with Crippen LogP contribution in [-0.2, 0) is 0 Å². The summed E-state index contributed by atoms with van der Waals surface area (Å²) in [5, 5.41) is 0.584. The van der Waals surface area contributed by atoms with Crippen molar-refractivity contribution in [2.75, 3.05) is 0 Å². The SMILES string of the molecule is O=c1[nH]cnc2ccc(-c3ccoc3)cc12. The fraction of sp³-hybridized carbons (Fsp3) is 0. The summed E-state index contributed by atoms with van der Waals surface area (Å²) in [6, 6.07) is 7.41. The summed E-state index contributed by atoms with van der Waals surface area (Å²) >= 11 is 0. The van der Waals surface area contributed by atoms with Crippen molar-refractivity contribution in [3.8, 4) is 11.1 Å². The fourth-order valence-electron chi connectivity index (χ4n) is 1.68. The number of aromatic amines is 1. The van der Waals surface area contributed by atoms with Gasteiger partial charge in [-0.1, -0.05) is 6.07 Å². The molecule has 0 amide bonds. The van der Waals surface area contributed by atoms with Crippen LogP contribution in [0.5, 0.6) is 0 Å². The molecule has 0 aliphatic carbocycles. The van der Waals surface area contributed by atoms with Crippen molar-refractivity contribution in [2.24, 2.45) is 0 Å². The second-order valence-electron chi connectivity index (χ2n) is 3.48. The maximum absolute atomic E-state index is 11.6. The topological polar surface area (TPSA) is 58.9 Å². The molecule has 3 aromatic rings. The van der Waals surface area contributed by atoms with Gasteiger partial charge in [0.2, 0.25) is 0 Å². The highest BCUT2D eigenvalue weighted by molar-refractivity contribution is 5.83. The van der Waals surface area contributed by atoms with Gasteiger partial charge in [0.05, 0.1) is 29.8 Å². The van der Waals surface area contributed by atoms with Crippen LogP contribution in [0.3, 0.4) is 0 Å². The Hall–Kier alpha value is -2.36. The summed E-state index contributed by atoms with van der Waals surface area (Å²) in [4.78, 5) is 18.2. The molecule has 0 bridgehead atoms. The van der Waals surface area contributed by atoms with Crippen LogP contribution in [0.25, 0.3) is 22.0 Å². The highest BCUT2D eigenvalue weighted by Gasteiger charge is 2.03. The lowest BCUT2D eigenvalue weighted by Crippen LogP contribution is -2.05. The standard InChI is InChI=1S/C12H8N2O2/c15-12-10-5-8(9-3-4-16-6-9)1-2-11(10)13-7-14-12/h1-7H,(H,13,14,15). The largest absolute Gasteiger partial charge is 0.472 e. The van der Waals surface area contributed by atoms with Gasteiger partial charge in [0.1, 0.15) is 0 Å². The summed E-state index contributed by atoms with van der Waals surface area (Å²) in [5.74, 6) is 0. The van der Waals surface area contributed by atoms with Crippen molar-refractivity contribution in [1.82, 2.24) is 9.97 Å². The summed E-state index contributed by atoms with van der Waals surface area (Å²) in [6.07, 6.45) is 4.65. The van der Waals surface area contributed by atoms with Crippen LogP contribution >= 0.6 is 0 Å². The Morgan fingerprint density at radius 1 is 1.19 bits per heavy atom. The smallest absolute Gasteiger partial charge is 0.258 e. The van der Waals surface area contributed by atoms with Crippen LogP contribution in [-0.4, -0.2) is 9.97 Å². The third-order valence-corrected chi connectivity index (χ3v) is 2.49. The zero-order chi connectivity index (χ0) is 11.0. The lowest BCUT2D eigenvalue weighted by molar-refractivity contribution is 0.568. The maximum Gasteiger partial charge on any atom is 0.258 e. The molecule has 0 fully saturated rings. The lowest BCUT2D eigenvalue weighted by atomic mass is 10.1. The third kappa shape index (κ3) is 1.32. The molecular formula is C12H8N2O2. The van der Waals surface area contributed by atoms with Crippen molar-refractivity contribution >= 4 is 10.9 Å². The maximum atomic E-state index is 11.6. The van der Waals surface area contributed by atoms with Crippen LogP contribution in [0.4, 0.5) is 0 Å². The number of benzene rings is 1. The molecular weight excluding hydrogens is 204 g/mol. The van der Waals surface area contributed by atoms with E-state index >= 15 is 0 Å². The molecule has 0 radical (unpaired) electrons. The van der Waals surface area contributed by atoms with E-state index in [0.717, 1.165) is 11.1 Å².